The van der Waals surface area contributed by atoms with E-state index in [2.05, 4.69) is 5.32 Å². The van der Waals surface area contributed by atoms with Gasteiger partial charge < -0.3 is 29.0 Å². The Kier molecular flexibility index (Phi) is 8.94. The van der Waals surface area contributed by atoms with Crippen LogP contribution in [0, 0.1) is 6.92 Å². The summed E-state index contributed by atoms with van der Waals surface area (Å²) >= 11 is 0. The van der Waals surface area contributed by atoms with E-state index in [1.54, 1.807) is 22.8 Å². The Morgan fingerprint density at radius 2 is 1.67 bits per heavy atom. The van der Waals surface area contributed by atoms with Gasteiger partial charge in [0.05, 0.1) is 21.3 Å². The molecule has 192 valence electrons. The molecule has 0 aliphatic rings. The second-order valence-corrected chi connectivity index (χ2v) is 8.42. The highest BCUT2D eigenvalue weighted by atomic mass is 16.5. The Hall–Kier alpha value is -4.01. The number of rotatable bonds is 11. The molecule has 0 fully saturated rings. The number of ether oxygens (including phenoxy) is 3. The summed E-state index contributed by atoms with van der Waals surface area (Å²) in [6, 6.07) is 12.8. The number of methoxy groups -OCH3 is 3. The third-order valence-electron chi connectivity index (χ3n) is 5.86. The lowest BCUT2D eigenvalue weighted by Crippen LogP contribution is -2.39. The smallest absolute Gasteiger partial charge is 0.325 e. The van der Waals surface area contributed by atoms with Crippen LogP contribution < -0.4 is 14.8 Å². The van der Waals surface area contributed by atoms with Crippen molar-refractivity contribution in [3.05, 3.63) is 53.7 Å². The number of para-hydroxylation sites is 1. The predicted molar refractivity (Wildman–Crippen MR) is 138 cm³/mol. The number of anilines is 1. The maximum atomic E-state index is 13.7. The fourth-order valence-corrected chi connectivity index (χ4v) is 4.03. The molecule has 3 aromatic rings. The first kappa shape index (κ1) is 26.6. The van der Waals surface area contributed by atoms with E-state index in [0.29, 0.717) is 35.8 Å². The van der Waals surface area contributed by atoms with Crippen LogP contribution in [0.3, 0.4) is 0 Å². The largest absolute Gasteiger partial charge is 0.494 e. The van der Waals surface area contributed by atoms with Gasteiger partial charge in [0.15, 0.2) is 0 Å². The molecule has 1 N–H and O–H groups in total. The van der Waals surface area contributed by atoms with Crippen molar-refractivity contribution >= 4 is 34.4 Å². The standard InChI is InChI=1S/C27H33N3O6/c1-6-7-12-29(16-24(31)28-26-22(34-3)13-18(2)14-23(26)35-4)27(33)21-15-19-10-8-9-11-20(19)30(21)17-25(32)36-5/h8-11,13-15H,6-7,12,16-17H2,1-5H3,(H,28,31). The van der Waals surface area contributed by atoms with Gasteiger partial charge in [0.2, 0.25) is 5.91 Å². The second-order valence-electron chi connectivity index (χ2n) is 8.42. The number of hydrogen-bond acceptors (Lipinski definition) is 6. The van der Waals surface area contributed by atoms with Crippen molar-refractivity contribution in [2.45, 2.75) is 33.2 Å². The first-order valence-corrected chi connectivity index (χ1v) is 11.8. The van der Waals surface area contributed by atoms with Crippen LogP contribution in [0.15, 0.2) is 42.5 Å². The molecule has 9 heteroatoms. The fourth-order valence-electron chi connectivity index (χ4n) is 4.03. The quantitative estimate of drug-likeness (QED) is 0.404. The number of benzene rings is 2. The fraction of sp³-hybridized carbons (Fsp3) is 0.370. The summed E-state index contributed by atoms with van der Waals surface area (Å²) in [6.07, 6.45) is 1.56. The van der Waals surface area contributed by atoms with Crippen LogP contribution in [-0.4, -0.2) is 61.7 Å². The van der Waals surface area contributed by atoms with Gasteiger partial charge in [-0.05, 0) is 43.2 Å². The number of carbonyl (C=O) groups is 3. The van der Waals surface area contributed by atoms with E-state index in [1.807, 2.05) is 38.1 Å². The molecule has 0 saturated carbocycles. The number of carbonyl (C=O) groups excluding carboxylic acids is 3. The highest BCUT2D eigenvalue weighted by Gasteiger charge is 2.25. The Bertz CT molecular complexity index is 1220. The summed E-state index contributed by atoms with van der Waals surface area (Å²) in [4.78, 5) is 40.4. The van der Waals surface area contributed by atoms with Crippen molar-refractivity contribution in [2.75, 3.05) is 39.7 Å². The first-order valence-electron chi connectivity index (χ1n) is 11.8. The second kappa shape index (κ2) is 12.1. The molecule has 9 nitrogen and oxygen atoms in total. The molecule has 36 heavy (non-hydrogen) atoms. The topological polar surface area (TPSA) is 99.1 Å². The van der Waals surface area contributed by atoms with Crippen molar-refractivity contribution in [2.24, 2.45) is 0 Å². The van der Waals surface area contributed by atoms with E-state index in [4.69, 9.17) is 14.2 Å². The van der Waals surface area contributed by atoms with Crippen molar-refractivity contribution < 1.29 is 28.6 Å². The van der Waals surface area contributed by atoms with Gasteiger partial charge in [-0.3, -0.25) is 14.4 Å². The summed E-state index contributed by atoms with van der Waals surface area (Å²) in [6.45, 7) is 3.99. The first-order chi connectivity index (χ1) is 17.3. The number of hydrogen-bond donors (Lipinski definition) is 1. The van der Waals surface area contributed by atoms with Crippen LogP contribution in [0.4, 0.5) is 5.69 Å². The molecule has 0 aliphatic carbocycles. The molecule has 0 spiro atoms. The third kappa shape index (κ3) is 5.97. The van der Waals surface area contributed by atoms with Crippen LogP contribution in [-0.2, 0) is 20.9 Å². The average molecular weight is 496 g/mol. The van der Waals surface area contributed by atoms with Gasteiger partial charge in [0.1, 0.15) is 36.0 Å². The molecule has 0 saturated heterocycles. The number of fused-ring (bicyclic) bond motifs is 1. The molecule has 0 radical (unpaired) electrons. The zero-order chi connectivity index (χ0) is 26.2. The maximum Gasteiger partial charge on any atom is 0.325 e. The Labute approximate surface area is 210 Å². The minimum absolute atomic E-state index is 0.114. The number of aryl methyl sites for hydroxylation is 1. The normalized spacial score (nSPS) is 10.7. The minimum atomic E-state index is -0.471. The van der Waals surface area contributed by atoms with Crippen LogP contribution in [0.1, 0.15) is 35.8 Å². The van der Waals surface area contributed by atoms with Gasteiger partial charge in [0, 0.05) is 17.4 Å². The van der Waals surface area contributed by atoms with E-state index in [9.17, 15) is 14.4 Å². The number of nitrogens with one attached hydrogen (secondary N) is 1. The molecule has 2 aromatic carbocycles. The number of amides is 2. The van der Waals surface area contributed by atoms with Gasteiger partial charge in [0.25, 0.3) is 5.91 Å². The molecule has 0 unspecified atom stereocenters. The maximum absolute atomic E-state index is 13.7. The predicted octanol–water partition coefficient (Wildman–Crippen LogP) is 4.02. The highest BCUT2D eigenvalue weighted by Crippen LogP contribution is 2.36. The summed E-state index contributed by atoms with van der Waals surface area (Å²) in [7, 11) is 4.34. The number of aromatic nitrogens is 1. The van der Waals surface area contributed by atoms with Crippen LogP contribution in [0.2, 0.25) is 0 Å². The van der Waals surface area contributed by atoms with Crippen LogP contribution in [0.25, 0.3) is 10.9 Å². The molecule has 0 atom stereocenters. The van der Waals surface area contributed by atoms with Gasteiger partial charge in [-0.2, -0.15) is 0 Å². The SMILES string of the molecule is CCCCN(CC(=O)Nc1c(OC)cc(C)cc1OC)C(=O)c1cc2ccccc2n1CC(=O)OC. The van der Waals surface area contributed by atoms with Crippen molar-refractivity contribution in [1.29, 1.82) is 0 Å². The summed E-state index contributed by atoms with van der Waals surface area (Å²) < 4.78 is 17.3. The summed E-state index contributed by atoms with van der Waals surface area (Å²) in [5, 5.41) is 3.66. The minimum Gasteiger partial charge on any atom is -0.494 e. The van der Waals surface area contributed by atoms with Gasteiger partial charge in [-0.1, -0.05) is 31.5 Å². The number of unbranched alkanes of at least 4 members (excludes halogenated alkanes) is 1. The monoisotopic (exact) mass is 495 g/mol. The molecular weight excluding hydrogens is 462 g/mol. The lowest BCUT2D eigenvalue weighted by molar-refractivity contribution is -0.141. The van der Waals surface area contributed by atoms with Crippen LogP contribution in [0.5, 0.6) is 11.5 Å². The van der Waals surface area contributed by atoms with Gasteiger partial charge in [-0.25, -0.2) is 0 Å². The van der Waals surface area contributed by atoms with Crippen molar-refractivity contribution in [3.63, 3.8) is 0 Å². The average Bonchev–Trinajstić information content (AvgIpc) is 3.24. The Balaban J connectivity index is 1.92. The van der Waals surface area contributed by atoms with E-state index in [1.165, 1.54) is 26.2 Å². The molecular formula is C27H33N3O6. The van der Waals surface area contributed by atoms with E-state index < -0.39 is 11.9 Å². The molecule has 1 aromatic heterocycles. The van der Waals surface area contributed by atoms with E-state index >= 15 is 0 Å². The number of nitrogens with zero attached hydrogens (tertiary/aromatic N) is 2. The van der Waals surface area contributed by atoms with Crippen molar-refractivity contribution in [3.8, 4) is 11.5 Å². The highest BCUT2D eigenvalue weighted by molar-refractivity contribution is 6.03. The lowest BCUT2D eigenvalue weighted by atomic mass is 10.2. The molecule has 3 rings (SSSR count). The van der Waals surface area contributed by atoms with E-state index in [0.717, 1.165) is 22.9 Å². The van der Waals surface area contributed by atoms with E-state index in [-0.39, 0.29) is 19.0 Å². The molecule has 2 amide bonds. The molecule has 1 heterocycles. The zero-order valence-electron chi connectivity index (χ0n) is 21.4. The number of esters is 1. The van der Waals surface area contributed by atoms with Crippen LogP contribution >= 0.6 is 0 Å². The van der Waals surface area contributed by atoms with Gasteiger partial charge >= 0.3 is 5.97 Å². The molecule has 0 aliphatic heterocycles. The summed E-state index contributed by atoms with van der Waals surface area (Å²) in [5.74, 6) is -0.284. The van der Waals surface area contributed by atoms with Crippen molar-refractivity contribution in [1.82, 2.24) is 9.47 Å². The summed E-state index contributed by atoms with van der Waals surface area (Å²) in [5.41, 5.74) is 2.37. The van der Waals surface area contributed by atoms with Gasteiger partial charge in [-0.15, -0.1) is 0 Å². The Morgan fingerprint density at radius 1 is 1.00 bits per heavy atom. The lowest BCUT2D eigenvalue weighted by Gasteiger charge is -2.23. The zero-order valence-corrected chi connectivity index (χ0v) is 21.4. The third-order valence-corrected chi connectivity index (χ3v) is 5.86. The Morgan fingerprint density at radius 3 is 2.28 bits per heavy atom. The molecule has 0 bridgehead atoms.